The molecule has 2 heterocycles. The maximum absolute atomic E-state index is 5.04. The van der Waals surface area contributed by atoms with Crippen LogP contribution in [-0.2, 0) is 6.54 Å². The predicted octanol–water partition coefficient (Wildman–Crippen LogP) is 4.60. The van der Waals surface area contributed by atoms with E-state index < -0.39 is 0 Å². The summed E-state index contributed by atoms with van der Waals surface area (Å²) in [6, 6.07) is 15.1. The largest absolute Gasteiger partial charge is 0.368 e. The highest BCUT2D eigenvalue weighted by atomic mass is 32.2. The molecule has 0 radical (unpaired) electrons. The van der Waals surface area contributed by atoms with Crippen LogP contribution >= 0.6 is 11.8 Å². The van der Waals surface area contributed by atoms with Crippen LogP contribution in [0.3, 0.4) is 0 Å². The molecule has 1 fully saturated rings. The third-order valence-electron chi connectivity index (χ3n) is 6.07. The van der Waals surface area contributed by atoms with Crippen LogP contribution in [0.5, 0.6) is 0 Å². The Hall–Kier alpha value is -2.31. The number of hydrogen-bond acceptors (Lipinski definition) is 6. The third kappa shape index (κ3) is 3.98. The van der Waals surface area contributed by atoms with E-state index in [1.54, 1.807) is 0 Å². The number of fused-ring (bicyclic) bond motifs is 2. The molecule has 2 aliphatic rings. The third-order valence-corrected chi connectivity index (χ3v) is 7.17. The summed E-state index contributed by atoms with van der Waals surface area (Å²) in [7, 11) is 0. The normalized spacial score (nSPS) is 17.5. The zero-order chi connectivity index (χ0) is 20.6. The van der Waals surface area contributed by atoms with Crippen LogP contribution in [0.1, 0.15) is 30.9 Å². The van der Waals surface area contributed by atoms with E-state index in [1.165, 1.54) is 28.9 Å². The fraction of sp³-hybridized carbons (Fsp3) is 0.417. The van der Waals surface area contributed by atoms with Crippen LogP contribution in [0.2, 0.25) is 0 Å². The van der Waals surface area contributed by atoms with E-state index in [0.29, 0.717) is 0 Å². The molecule has 6 heteroatoms. The number of rotatable bonds is 6. The van der Waals surface area contributed by atoms with E-state index in [1.807, 2.05) is 11.8 Å². The average Bonchev–Trinajstić information content (AvgIpc) is 3.55. The summed E-state index contributed by atoms with van der Waals surface area (Å²) >= 11 is 1.92. The monoisotopic (exact) mass is 419 g/mol. The molecule has 1 saturated carbocycles. The minimum absolute atomic E-state index is 0.230. The van der Waals surface area contributed by atoms with Gasteiger partial charge in [0.15, 0.2) is 0 Å². The zero-order valence-electron chi connectivity index (χ0n) is 17.7. The number of aromatic nitrogens is 2. The van der Waals surface area contributed by atoms with Crippen molar-refractivity contribution in [1.82, 2.24) is 15.3 Å². The Bertz CT molecular complexity index is 1060. The number of thioether (sulfide) groups is 1. The van der Waals surface area contributed by atoms with E-state index in [0.717, 1.165) is 54.6 Å². The van der Waals surface area contributed by atoms with Gasteiger partial charge in [-0.2, -0.15) is 4.98 Å². The van der Waals surface area contributed by atoms with Gasteiger partial charge in [0.25, 0.3) is 0 Å². The summed E-state index contributed by atoms with van der Waals surface area (Å²) in [5, 5.41) is 8.42. The molecule has 0 saturated heterocycles. The Morgan fingerprint density at radius 1 is 1.13 bits per heavy atom. The Labute approximate surface area is 182 Å². The number of nitrogens with zero attached hydrogens (tertiary/aromatic N) is 3. The Morgan fingerprint density at radius 2 is 2.00 bits per heavy atom. The molecular weight excluding hydrogens is 390 g/mol. The molecule has 0 unspecified atom stereocenters. The SMILES string of the molecule is CCNC1(CNc2nc(N3CCSc4ccccc4C3)nc3ccc(C)cc23)CC1. The lowest BCUT2D eigenvalue weighted by Crippen LogP contribution is -2.37. The quantitative estimate of drug-likeness (QED) is 0.609. The molecule has 5 nitrogen and oxygen atoms in total. The van der Waals surface area contributed by atoms with Gasteiger partial charge < -0.3 is 15.5 Å². The molecule has 2 N–H and O–H groups in total. The van der Waals surface area contributed by atoms with Crippen molar-refractivity contribution >= 4 is 34.4 Å². The molecule has 1 aliphatic carbocycles. The molecule has 0 atom stereocenters. The lowest BCUT2D eigenvalue weighted by molar-refractivity contribution is 0.536. The minimum Gasteiger partial charge on any atom is -0.368 e. The molecule has 0 bridgehead atoms. The van der Waals surface area contributed by atoms with Crippen molar-refractivity contribution in [2.75, 3.05) is 35.6 Å². The van der Waals surface area contributed by atoms with E-state index >= 15 is 0 Å². The van der Waals surface area contributed by atoms with Gasteiger partial charge in [-0.3, -0.25) is 0 Å². The first-order valence-electron chi connectivity index (χ1n) is 10.9. The van der Waals surface area contributed by atoms with Crippen molar-refractivity contribution in [2.45, 2.75) is 43.7 Å². The maximum atomic E-state index is 5.04. The average molecular weight is 420 g/mol. The van der Waals surface area contributed by atoms with E-state index in [-0.39, 0.29) is 5.54 Å². The Morgan fingerprint density at radius 3 is 2.83 bits per heavy atom. The Balaban J connectivity index is 1.49. The summed E-state index contributed by atoms with van der Waals surface area (Å²) in [4.78, 5) is 13.7. The van der Waals surface area contributed by atoms with Gasteiger partial charge in [-0.05, 0) is 50.1 Å². The summed E-state index contributed by atoms with van der Waals surface area (Å²) in [6.45, 7) is 8.00. The highest BCUT2D eigenvalue weighted by Crippen LogP contribution is 2.36. The first-order valence-corrected chi connectivity index (χ1v) is 11.9. The van der Waals surface area contributed by atoms with Gasteiger partial charge in [-0.15, -0.1) is 11.8 Å². The number of aryl methyl sites for hydroxylation is 1. The summed E-state index contributed by atoms with van der Waals surface area (Å²) in [5.41, 5.74) is 3.82. The number of nitrogens with one attached hydrogen (secondary N) is 2. The second kappa shape index (κ2) is 8.08. The van der Waals surface area contributed by atoms with Gasteiger partial charge >= 0.3 is 0 Å². The van der Waals surface area contributed by atoms with Gasteiger partial charge in [0.05, 0.1) is 5.52 Å². The van der Waals surface area contributed by atoms with Crippen LogP contribution in [0.15, 0.2) is 47.4 Å². The minimum atomic E-state index is 0.230. The second-order valence-corrected chi connectivity index (χ2v) is 9.57. The van der Waals surface area contributed by atoms with Crippen molar-refractivity contribution < 1.29 is 0 Å². The first kappa shape index (κ1) is 19.6. The topological polar surface area (TPSA) is 53.1 Å². The highest BCUT2D eigenvalue weighted by Gasteiger charge is 2.41. The number of likely N-dealkylation sites (N-methyl/N-ethyl adjacent to an activating group) is 1. The van der Waals surface area contributed by atoms with Crippen LogP contribution in [-0.4, -0.2) is 40.9 Å². The van der Waals surface area contributed by atoms with Crippen LogP contribution in [0, 0.1) is 6.92 Å². The number of hydrogen-bond donors (Lipinski definition) is 2. The lowest BCUT2D eigenvalue weighted by atomic mass is 10.1. The van der Waals surface area contributed by atoms with Crippen LogP contribution in [0.4, 0.5) is 11.8 Å². The van der Waals surface area contributed by atoms with E-state index in [4.69, 9.17) is 9.97 Å². The van der Waals surface area contributed by atoms with E-state index in [9.17, 15) is 0 Å². The Kier molecular flexibility index (Phi) is 5.29. The molecule has 3 aromatic rings. The summed E-state index contributed by atoms with van der Waals surface area (Å²) in [5.74, 6) is 2.81. The van der Waals surface area contributed by atoms with Crippen LogP contribution < -0.4 is 15.5 Å². The fourth-order valence-electron chi connectivity index (χ4n) is 4.20. The molecule has 0 spiro atoms. The molecular formula is C24H29N5S. The standard InChI is InChI=1S/C24H29N5S/c1-3-26-24(10-11-24)16-25-22-19-14-17(2)8-9-20(19)27-23(28-22)29-12-13-30-21-7-5-4-6-18(21)15-29/h4-9,14,26H,3,10-13,15-16H2,1-2H3,(H,25,27,28). The predicted molar refractivity (Wildman–Crippen MR) is 127 cm³/mol. The highest BCUT2D eigenvalue weighted by molar-refractivity contribution is 7.99. The van der Waals surface area contributed by atoms with Gasteiger partial charge in [0, 0.05) is 41.2 Å². The zero-order valence-corrected chi connectivity index (χ0v) is 18.6. The smallest absolute Gasteiger partial charge is 0.228 e. The molecule has 156 valence electrons. The molecule has 2 aromatic carbocycles. The summed E-state index contributed by atoms with van der Waals surface area (Å²) < 4.78 is 0. The van der Waals surface area contributed by atoms with Gasteiger partial charge in [0.1, 0.15) is 5.82 Å². The molecule has 1 aromatic heterocycles. The van der Waals surface area contributed by atoms with Crippen molar-refractivity contribution in [1.29, 1.82) is 0 Å². The molecule has 5 rings (SSSR count). The van der Waals surface area contributed by atoms with Crippen molar-refractivity contribution in [3.8, 4) is 0 Å². The first-order chi connectivity index (χ1) is 14.7. The van der Waals surface area contributed by atoms with Crippen molar-refractivity contribution in [2.24, 2.45) is 0 Å². The van der Waals surface area contributed by atoms with Gasteiger partial charge in [0.2, 0.25) is 5.95 Å². The van der Waals surface area contributed by atoms with Crippen molar-refractivity contribution in [3.63, 3.8) is 0 Å². The number of anilines is 2. The van der Waals surface area contributed by atoms with Crippen LogP contribution in [0.25, 0.3) is 10.9 Å². The molecule has 0 amide bonds. The lowest BCUT2D eigenvalue weighted by Gasteiger charge is -2.23. The number of benzene rings is 2. The molecule has 30 heavy (non-hydrogen) atoms. The summed E-state index contributed by atoms with van der Waals surface area (Å²) in [6.07, 6.45) is 2.45. The van der Waals surface area contributed by atoms with Gasteiger partial charge in [-0.1, -0.05) is 36.8 Å². The van der Waals surface area contributed by atoms with Gasteiger partial charge in [-0.25, -0.2) is 4.98 Å². The molecule has 1 aliphatic heterocycles. The second-order valence-electron chi connectivity index (χ2n) is 8.43. The van der Waals surface area contributed by atoms with E-state index in [2.05, 4.69) is 71.8 Å². The maximum Gasteiger partial charge on any atom is 0.228 e. The van der Waals surface area contributed by atoms with Crippen molar-refractivity contribution in [3.05, 3.63) is 53.6 Å². The fourth-order valence-corrected chi connectivity index (χ4v) is 5.22.